The zero-order valence-electron chi connectivity index (χ0n) is 17.6. The number of hydrogen-bond donors (Lipinski definition) is 1. The van der Waals surface area contributed by atoms with E-state index in [1.54, 1.807) is 30.3 Å². The average molecular weight is 453 g/mol. The summed E-state index contributed by atoms with van der Waals surface area (Å²) in [5.74, 6) is -0.895. The van der Waals surface area contributed by atoms with Crippen molar-refractivity contribution in [3.8, 4) is 0 Å². The minimum Gasteiger partial charge on any atom is -0.350 e. The Morgan fingerprint density at radius 1 is 1.07 bits per heavy atom. The maximum Gasteiger partial charge on any atom is 0.243 e. The first-order valence-corrected chi connectivity index (χ1v) is 10.6. The number of hydrogen-bond acceptors (Lipinski definition) is 2. The fraction of sp³-hybridized carbons (Fsp3) is 0.391. The summed E-state index contributed by atoms with van der Waals surface area (Å²) in [4.78, 5) is 27.8. The maximum absolute atomic E-state index is 13.3. The monoisotopic (exact) mass is 452 g/mol. The lowest BCUT2D eigenvalue weighted by molar-refractivity contribution is -0.141. The fourth-order valence-electron chi connectivity index (χ4n) is 3.11. The van der Waals surface area contributed by atoms with Crippen LogP contribution in [-0.4, -0.2) is 28.3 Å². The minimum atomic E-state index is -0.692. The molecule has 2 aromatic rings. The van der Waals surface area contributed by atoms with E-state index < -0.39 is 11.6 Å². The second-order valence-corrected chi connectivity index (χ2v) is 9.00. The molecule has 2 rings (SSSR count). The number of carbonyl (C=O) groups is 2. The third-order valence-electron chi connectivity index (χ3n) is 4.54. The quantitative estimate of drug-likeness (QED) is 0.611. The summed E-state index contributed by atoms with van der Waals surface area (Å²) in [7, 11) is 0. The van der Waals surface area contributed by atoms with Gasteiger partial charge in [-0.15, -0.1) is 0 Å². The Labute approximate surface area is 187 Å². The van der Waals surface area contributed by atoms with Gasteiger partial charge in [0.1, 0.15) is 11.9 Å². The maximum atomic E-state index is 13.3. The van der Waals surface area contributed by atoms with Crippen LogP contribution in [-0.2, 0) is 22.6 Å². The first kappa shape index (κ1) is 24.2. The van der Waals surface area contributed by atoms with Crippen LogP contribution in [0, 0.1) is 5.82 Å². The molecule has 0 spiro atoms. The standard InChI is InChI=1S/C23H27Cl2FN2O2/c1-5-20(22(30)27-23(2,3)4)28(14-15-9-11-16(26)12-10-15)21(29)13-17-18(24)7-6-8-19(17)25/h6-12,20H,5,13-14H2,1-4H3,(H,27,30)/t20-/m0/s1. The topological polar surface area (TPSA) is 49.4 Å². The summed E-state index contributed by atoms with van der Waals surface area (Å²) in [6.45, 7) is 7.66. The van der Waals surface area contributed by atoms with Crippen LogP contribution in [0.1, 0.15) is 45.2 Å². The first-order chi connectivity index (χ1) is 14.0. The molecule has 0 aromatic heterocycles. The van der Waals surface area contributed by atoms with Crippen molar-refractivity contribution in [1.82, 2.24) is 10.2 Å². The van der Waals surface area contributed by atoms with Gasteiger partial charge in [0, 0.05) is 22.1 Å². The molecule has 1 atom stereocenters. The van der Waals surface area contributed by atoms with Crippen molar-refractivity contribution in [3.05, 3.63) is 69.5 Å². The summed E-state index contributed by atoms with van der Waals surface area (Å²) >= 11 is 12.5. The summed E-state index contributed by atoms with van der Waals surface area (Å²) < 4.78 is 13.3. The molecule has 0 heterocycles. The normalized spacial score (nSPS) is 12.4. The lowest BCUT2D eigenvalue weighted by Crippen LogP contribution is -2.53. The van der Waals surface area contributed by atoms with Crippen LogP contribution in [0.4, 0.5) is 4.39 Å². The van der Waals surface area contributed by atoms with Crippen molar-refractivity contribution in [2.75, 3.05) is 0 Å². The van der Waals surface area contributed by atoms with Gasteiger partial charge in [0.05, 0.1) is 6.42 Å². The molecule has 0 unspecified atom stereocenters. The van der Waals surface area contributed by atoms with Gasteiger partial charge in [0.2, 0.25) is 11.8 Å². The predicted octanol–water partition coefficient (Wildman–Crippen LogP) is 5.40. The molecule has 0 aliphatic rings. The summed E-state index contributed by atoms with van der Waals surface area (Å²) in [5, 5.41) is 3.73. The Morgan fingerprint density at radius 2 is 1.63 bits per heavy atom. The average Bonchev–Trinajstić information content (AvgIpc) is 2.64. The van der Waals surface area contributed by atoms with E-state index in [0.717, 1.165) is 5.56 Å². The predicted molar refractivity (Wildman–Crippen MR) is 119 cm³/mol. The number of halogens is 3. The zero-order valence-corrected chi connectivity index (χ0v) is 19.1. The molecule has 0 saturated heterocycles. The van der Waals surface area contributed by atoms with Crippen molar-refractivity contribution in [2.45, 2.75) is 58.7 Å². The molecular formula is C23H27Cl2FN2O2. The van der Waals surface area contributed by atoms with Crippen LogP contribution in [0.2, 0.25) is 10.0 Å². The highest BCUT2D eigenvalue weighted by molar-refractivity contribution is 6.36. The van der Waals surface area contributed by atoms with E-state index in [0.29, 0.717) is 22.0 Å². The molecule has 2 aromatic carbocycles. The highest BCUT2D eigenvalue weighted by Gasteiger charge is 2.31. The number of amides is 2. The van der Waals surface area contributed by atoms with Gasteiger partial charge in [0.25, 0.3) is 0 Å². The third-order valence-corrected chi connectivity index (χ3v) is 5.25. The second kappa shape index (κ2) is 10.3. The Balaban J connectivity index is 2.36. The molecule has 0 fully saturated rings. The molecule has 0 aliphatic heterocycles. The SMILES string of the molecule is CC[C@@H](C(=O)NC(C)(C)C)N(Cc1ccc(F)cc1)C(=O)Cc1c(Cl)cccc1Cl. The molecule has 0 saturated carbocycles. The first-order valence-electron chi connectivity index (χ1n) is 9.80. The van der Waals surface area contributed by atoms with Crippen LogP contribution in [0.25, 0.3) is 0 Å². The summed E-state index contributed by atoms with van der Waals surface area (Å²) in [6, 6.07) is 10.2. The lowest BCUT2D eigenvalue weighted by Gasteiger charge is -2.33. The van der Waals surface area contributed by atoms with E-state index in [-0.39, 0.29) is 30.6 Å². The van der Waals surface area contributed by atoms with Crippen LogP contribution in [0.15, 0.2) is 42.5 Å². The smallest absolute Gasteiger partial charge is 0.243 e. The van der Waals surface area contributed by atoms with E-state index in [9.17, 15) is 14.0 Å². The van der Waals surface area contributed by atoms with E-state index in [1.165, 1.54) is 17.0 Å². The second-order valence-electron chi connectivity index (χ2n) is 8.19. The third kappa shape index (κ3) is 6.71. The number of nitrogens with zero attached hydrogens (tertiary/aromatic N) is 1. The van der Waals surface area contributed by atoms with Crippen molar-refractivity contribution >= 4 is 35.0 Å². The van der Waals surface area contributed by atoms with E-state index in [4.69, 9.17) is 23.2 Å². The van der Waals surface area contributed by atoms with Gasteiger partial charge in [-0.2, -0.15) is 0 Å². The van der Waals surface area contributed by atoms with Gasteiger partial charge in [-0.25, -0.2) is 4.39 Å². The molecular weight excluding hydrogens is 426 g/mol. The fourth-order valence-corrected chi connectivity index (χ4v) is 3.64. The number of nitrogens with one attached hydrogen (secondary N) is 1. The molecule has 162 valence electrons. The van der Waals surface area contributed by atoms with Gasteiger partial charge >= 0.3 is 0 Å². The zero-order chi connectivity index (χ0) is 22.5. The van der Waals surface area contributed by atoms with E-state index in [2.05, 4.69) is 5.32 Å². The van der Waals surface area contributed by atoms with Crippen molar-refractivity contribution in [3.63, 3.8) is 0 Å². The summed E-state index contributed by atoms with van der Waals surface area (Å²) in [6.07, 6.45) is 0.379. The van der Waals surface area contributed by atoms with Gasteiger partial charge in [-0.05, 0) is 62.6 Å². The number of benzene rings is 2. The van der Waals surface area contributed by atoms with Crippen LogP contribution in [0.5, 0.6) is 0 Å². The Kier molecular flexibility index (Phi) is 8.27. The van der Waals surface area contributed by atoms with Crippen molar-refractivity contribution in [2.24, 2.45) is 0 Å². The molecule has 0 radical (unpaired) electrons. The van der Waals surface area contributed by atoms with Gasteiger partial charge in [-0.3, -0.25) is 9.59 Å². The molecule has 1 N–H and O–H groups in total. The van der Waals surface area contributed by atoms with E-state index >= 15 is 0 Å². The molecule has 2 amide bonds. The highest BCUT2D eigenvalue weighted by Crippen LogP contribution is 2.26. The Bertz CT molecular complexity index is 875. The molecule has 30 heavy (non-hydrogen) atoms. The molecule has 0 aliphatic carbocycles. The number of rotatable bonds is 7. The minimum absolute atomic E-state index is 0.0427. The van der Waals surface area contributed by atoms with Crippen molar-refractivity contribution < 1.29 is 14.0 Å². The molecule has 7 heteroatoms. The van der Waals surface area contributed by atoms with Crippen LogP contribution < -0.4 is 5.32 Å². The largest absolute Gasteiger partial charge is 0.350 e. The highest BCUT2D eigenvalue weighted by atomic mass is 35.5. The number of carbonyl (C=O) groups excluding carboxylic acids is 2. The Hall–Kier alpha value is -2.11. The van der Waals surface area contributed by atoms with Gasteiger partial charge < -0.3 is 10.2 Å². The summed E-state index contributed by atoms with van der Waals surface area (Å²) in [5.41, 5.74) is 0.791. The molecule has 4 nitrogen and oxygen atoms in total. The van der Waals surface area contributed by atoms with E-state index in [1.807, 2.05) is 27.7 Å². The van der Waals surface area contributed by atoms with Gasteiger partial charge in [0.15, 0.2) is 0 Å². The lowest BCUT2D eigenvalue weighted by atomic mass is 10.0. The van der Waals surface area contributed by atoms with Crippen molar-refractivity contribution in [1.29, 1.82) is 0 Å². The molecule has 0 bridgehead atoms. The van der Waals surface area contributed by atoms with Gasteiger partial charge in [-0.1, -0.05) is 48.3 Å². The van der Waals surface area contributed by atoms with Crippen LogP contribution in [0.3, 0.4) is 0 Å². The van der Waals surface area contributed by atoms with Crippen LogP contribution >= 0.6 is 23.2 Å². The Morgan fingerprint density at radius 3 is 2.13 bits per heavy atom.